The summed E-state index contributed by atoms with van der Waals surface area (Å²) < 4.78 is 12.1. The van der Waals surface area contributed by atoms with Crippen LogP contribution >= 0.6 is 0 Å². The van der Waals surface area contributed by atoms with E-state index in [0.717, 1.165) is 0 Å². The molecule has 1 aliphatic rings. The average Bonchev–Trinajstić information content (AvgIpc) is 2.67. The van der Waals surface area contributed by atoms with E-state index in [0.29, 0.717) is 11.0 Å². The van der Waals surface area contributed by atoms with Crippen molar-refractivity contribution < 1.29 is 24.3 Å². The summed E-state index contributed by atoms with van der Waals surface area (Å²) in [5, 5.41) is 21.8. The lowest BCUT2D eigenvalue weighted by Crippen LogP contribution is -2.41. The maximum Gasteiger partial charge on any atom is 0.492 e. The van der Waals surface area contributed by atoms with Gasteiger partial charge in [-0.25, -0.2) is 0 Å². The molecule has 1 aromatic rings. The first-order chi connectivity index (χ1) is 11.0. The minimum absolute atomic E-state index is 0.161. The highest BCUT2D eigenvalue weighted by molar-refractivity contribution is 6.56. The van der Waals surface area contributed by atoms with Crippen molar-refractivity contribution in [3.05, 3.63) is 29.2 Å². The van der Waals surface area contributed by atoms with Crippen LogP contribution in [0, 0.1) is 0 Å². The lowest BCUT2D eigenvalue weighted by atomic mass is 9.77. The van der Waals surface area contributed by atoms with Gasteiger partial charge in [0.05, 0.1) is 11.2 Å². The van der Waals surface area contributed by atoms with Crippen LogP contribution in [0.3, 0.4) is 0 Å². The molecule has 1 amide bonds. The number of carbonyl (C=O) groups is 1. The number of amides is 1. The van der Waals surface area contributed by atoms with E-state index in [1.54, 1.807) is 12.1 Å². The Balaban J connectivity index is 2.33. The molecule has 24 heavy (non-hydrogen) atoms. The summed E-state index contributed by atoms with van der Waals surface area (Å²) in [6.07, 6.45) is 1.78. The Morgan fingerprint density at radius 2 is 1.75 bits per heavy atom. The van der Waals surface area contributed by atoms with Gasteiger partial charge in [-0.15, -0.1) is 0 Å². The monoisotopic (exact) mass is 333 g/mol. The number of nitrogens with one attached hydrogen (secondary N) is 1. The third-order valence-electron chi connectivity index (χ3n) is 4.45. The van der Waals surface area contributed by atoms with Crippen molar-refractivity contribution in [2.75, 3.05) is 6.54 Å². The minimum atomic E-state index is -0.613. The van der Waals surface area contributed by atoms with E-state index in [2.05, 4.69) is 5.32 Å². The topological polar surface area (TPSA) is 88.0 Å². The molecule has 0 spiro atoms. The zero-order valence-corrected chi connectivity index (χ0v) is 14.7. The summed E-state index contributed by atoms with van der Waals surface area (Å²) in [4.78, 5) is 11.3. The van der Waals surface area contributed by atoms with Crippen molar-refractivity contribution in [1.82, 2.24) is 5.32 Å². The van der Waals surface area contributed by atoms with Gasteiger partial charge in [-0.3, -0.25) is 4.79 Å². The van der Waals surface area contributed by atoms with Gasteiger partial charge in [-0.05, 0) is 50.9 Å². The Labute approximate surface area is 142 Å². The molecule has 0 aliphatic carbocycles. The van der Waals surface area contributed by atoms with Gasteiger partial charge in [0.1, 0.15) is 0 Å². The average molecular weight is 333 g/mol. The van der Waals surface area contributed by atoms with Crippen molar-refractivity contribution in [3.8, 4) is 11.5 Å². The second-order valence-corrected chi connectivity index (χ2v) is 6.97. The van der Waals surface area contributed by atoms with Gasteiger partial charge >= 0.3 is 7.12 Å². The molecule has 3 N–H and O–H groups in total. The van der Waals surface area contributed by atoms with E-state index in [1.165, 1.54) is 19.1 Å². The van der Waals surface area contributed by atoms with E-state index in [1.807, 2.05) is 27.7 Å². The second-order valence-electron chi connectivity index (χ2n) is 6.97. The summed E-state index contributed by atoms with van der Waals surface area (Å²) in [5.74, 6) is -0.561. The Kier molecular flexibility index (Phi) is 4.96. The predicted octanol–water partition coefficient (Wildman–Crippen LogP) is 2.25. The first kappa shape index (κ1) is 18.4. The molecule has 0 atom stereocenters. The van der Waals surface area contributed by atoms with Gasteiger partial charge < -0.3 is 24.8 Å². The number of phenols is 2. The highest BCUT2D eigenvalue weighted by Crippen LogP contribution is 2.39. The SMILES string of the molecule is CC(=O)NCC(=Cc1ccc(O)c(O)c1)B1OC(C)(C)C(C)(C)O1. The highest BCUT2D eigenvalue weighted by Gasteiger charge is 2.52. The third-order valence-corrected chi connectivity index (χ3v) is 4.45. The summed E-state index contributed by atoms with van der Waals surface area (Å²) >= 11 is 0. The van der Waals surface area contributed by atoms with Gasteiger partial charge in [0.2, 0.25) is 5.91 Å². The van der Waals surface area contributed by atoms with Crippen LogP contribution in [0.1, 0.15) is 40.2 Å². The molecule has 0 radical (unpaired) electrons. The normalized spacial score (nSPS) is 19.4. The standard InChI is InChI=1S/C17H24BNO5/c1-11(20)19-10-13(8-12-6-7-14(21)15(22)9-12)18-23-16(2,3)17(4,5)24-18/h6-9,21-22H,10H2,1-5H3,(H,19,20). The molecule has 2 rings (SSSR count). The van der Waals surface area contributed by atoms with Crippen LogP contribution in [0.2, 0.25) is 0 Å². The number of hydrogen-bond donors (Lipinski definition) is 3. The Morgan fingerprint density at radius 3 is 2.25 bits per heavy atom. The first-order valence-electron chi connectivity index (χ1n) is 7.84. The van der Waals surface area contributed by atoms with E-state index < -0.39 is 18.3 Å². The van der Waals surface area contributed by atoms with E-state index in [4.69, 9.17) is 9.31 Å². The van der Waals surface area contributed by atoms with Gasteiger partial charge in [0.15, 0.2) is 11.5 Å². The van der Waals surface area contributed by atoms with Crippen LogP contribution in [0.5, 0.6) is 11.5 Å². The van der Waals surface area contributed by atoms with Crippen molar-refractivity contribution in [1.29, 1.82) is 0 Å². The predicted molar refractivity (Wildman–Crippen MR) is 92.5 cm³/mol. The lowest BCUT2D eigenvalue weighted by molar-refractivity contribution is -0.118. The molecular weight excluding hydrogens is 309 g/mol. The fourth-order valence-electron chi connectivity index (χ4n) is 2.27. The lowest BCUT2D eigenvalue weighted by Gasteiger charge is -2.32. The number of aromatic hydroxyl groups is 2. The Hall–Kier alpha value is -1.99. The van der Waals surface area contributed by atoms with E-state index in [-0.39, 0.29) is 24.0 Å². The number of carbonyl (C=O) groups excluding carboxylic acids is 1. The fraction of sp³-hybridized carbons (Fsp3) is 0.471. The molecule has 1 aliphatic heterocycles. The Morgan fingerprint density at radius 1 is 1.17 bits per heavy atom. The largest absolute Gasteiger partial charge is 0.504 e. The van der Waals surface area contributed by atoms with Crippen LogP contribution < -0.4 is 5.32 Å². The second kappa shape index (κ2) is 6.49. The van der Waals surface area contributed by atoms with Gasteiger partial charge in [0, 0.05) is 13.5 Å². The van der Waals surface area contributed by atoms with Crippen LogP contribution in [0.4, 0.5) is 0 Å². The summed E-state index contributed by atoms with van der Waals surface area (Å²) in [5.41, 5.74) is 0.392. The van der Waals surface area contributed by atoms with Crippen molar-refractivity contribution in [2.45, 2.75) is 45.8 Å². The Bertz CT molecular complexity index is 653. The molecule has 0 unspecified atom stereocenters. The summed E-state index contributed by atoms with van der Waals surface area (Å²) in [6.45, 7) is 9.51. The molecule has 7 heteroatoms. The van der Waals surface area contributed by atoms with Crippen molar-refractivity contribution >= 4 is 19.1 Å². The highest BCUT2D eigenvalue weighted by atomic mass is 16.7. The van der Waals surface area contributed by atoms with Gasteiger partial charge in [0.25, 0.3) is 0 Å². The van der Waals surface area contributed by atoms with Crippen LogP contribution in [0.15, 0.2) is 23.7 Å². The molecule has 0 aromatic heterocycles. The van der Waals surface area contributed by atoms with Gasteiger partial charge in [-0.1, -0.05) is 12.1 Å². The number of benzene rings is 1. The maximum absolute atomic E-state index is 11.3. The van der Waals surface area contributed by atoms with Crippen LogP contribution in [0.25, 0.3) is 6.08 Å². The van der Waals surface area contributed by atoms with Crippen LogP contribution in [-0.4, -0.2) is 41.0 Å². The smallest absolute Gasteiger partial charge is 0.492 e. The van der Waals surface area contributed by atoms with Crippen molar-refractivity contribution in [2.24, 2.45) is 0 Å². The van der Waals surface area contributed by atoms with E-state index in [9.17, 15) is 15.0 Å². The van der Waals surface area contributed by atoms with E-state index >= 15 is 0 Å². The third kappa shape index (κ3) is 3.91. The first-order valence-corrected chi connectivity index (χ1v) is 7.84. The molecular formula is C17H24BNO5. The van der Waals surface area contributed by atoms with Crippen molar-refractivity contribution in [3.63, 3.8) is 0 Å². The zero-order chi connectivity index (χ0) is 18.1. The van der Waals surface area contributed by atoms with Crippen LogP contribution in [-0.2, 0) is 14.1 Å². The molecule has 1 saturated heterocycles. The quantitative estimate of drug-likeness (QED) is 0.581. The molecule has 0 bridgehead atoms. The molecule has 130 valence electrons. The minimum Gasteiger partial charge on any atom is -0.504 e. The van der Waals surface area contributed by atoms with Gasteiger partial charge in [-0.2, -0.15) is 0 Å². The summed E-state index contributed by atoms with van der Waals surface area (Å²) in [6, 6.07) is 4.50. The molecule has 1 fully saturated rings. The fourth-order valence-corrected chi connectivity index (χ4v) is 2.27. The molecule has 0 saturated carbocycles. The maximum atomic E-state index is 11.3. The zero-order valence-electron chi connectivity index (χ0n) is 14.7. The molecule has 1 heterocycles. The number of hydrogen-bond acceptors (Lipinski definition) is 5. The number of rotatable bonds is 4. The molecule has 6 nitrogen and oxygen atoms in total. The summed E-state index contributed by atoms with van der Waals surface area (Å²) in [7, 11) is -0.613. The number of phenolic OH excluding ortho intramolecular Hbond substituents is 2. The molecule has 1 aromatic carbocycles.